The molecule has 0 unspecified atom stereocenters. The molecule has 0 spiro atoms. The highest BCUT2D eigenvalue weighted by Gasteiger charge is 2.17. The molecule has 2 N–H and O–H groups in total. The highest BCUT2D eigenvalue weighted by Crippen LogP contribution is 2.22. The van der Waals surface area contributed by atoms with Gasteiger partial charge in [-0.2, -0.15) is 0 Å². The average Bonchev–Trinajstić information content (AvgIpc) is 2.46. The van der Waals surface area contributed by atoms with E-state index in [0.29, 0.717) is 0 Å². The number of anilines is 2. The molecular weight excluding hydrogens is 310 g/mol. The van der Waals surface area contributed by atoms with Gasteiger partial charge in [0.2, 0.25) is 0 Å². The lowest BCUT2D eigenvalue weighted by molar-refractivity contribution is 0.601. The summed E-state index contributed by atoms with van der Waals surface area (Å²) in [6.45, 7) is 2.90. The molecule has 0 aliphatic heterocycles. The zero-order chi connectivity index (χ0) is 15.3. The van der Waals surface area contributed by atoms with Crippen molar-refractivity contribution in [3.05, 3.63) is 47.6 Å². The first kappa shape index (κ1) is 15.6. The van der Waals surface area contributed by atoms with Crippen LogP contribution in [0.4, 0.5) is 11.5 Å². The lowest BCUT2D eigenvalue weighted by atomic mass is 10.4. The van der Waals surface area contributed by atoms with Crippen molar-refractivity contribution in [2.75, 3.05) is 16.6 Å². The summed E-state index contributed by atoms with van der Waals surface area (Å²) in [5.41, 5.74) is 0.845. The number of rotatable bonds is 6. The number of hydrogen-bond acceptors (Lipinski definition) is 4. The zero-order valence-corrected chi connectivity index (χ0v) is 13.1. The molecular formula is C14H16ClN3O2S. The van der Waals surface area contributed by atoms with Crippen LogP contribution in [-0.2, 0) is 10.0 Å². The maximum absolute atomic E-state index is 12.2. The number of nitrogens with zero attached hydrogens (tertiary/aromatic N) is 1. The predicted molar refractivity (Wildman–Crippen MR) is 85.3 cm³/mol. The van der Waals surface area contributed by atoms with Crippen LogP contribution in [0.5, 0.6) is 0 Å². The second-order valence-electron chi connectivity index (χ2n) is 4.39. The highest BCUT2D eigenvalue weighted by atomic mass is 35.5. The lowest BCUT2D eigenvalue weighted by Crippen LogP contribution is -2.14. The van der Waals surface area contributed by atoms with E-state index in [0.717, 1.165) is 18.7 Å². The first-order chi connectivity index (χ1) is 10.0. The van der Waals surface area contributed by atoms with Crippen molar-refractivity contribution in [3.8, 4) is 0 Å². The van der Waals surface area contributed by atoms with E-state index in [1.807, 2.05) is 0 Å². The molecule has 21 heavy (non-hydrogen) atoms. The molecule has 1 aromatic carbocycles. The molecule has 7 heteroatoms. The third-order valence-electron chi connectivity index (χ3n) is 2.71. The summed E-state index contributed by atoms with van der Waals surface area (Å²) in [6.07, 6.45) is 2.58. The maximum Gasteiger partial charge on any atom is 0.264 e. The summed E-state index contributed by atoms with van der Waals surface area (Å²) in [5, 5.41) is 3.34. The van der Waals surface area contributed by atoms with Gasteiger partial charge in [-0.1, -0.05) is 30.7 Å². The fourth-order valence-electron chi connectivity index (χ4n) is 1.68. The number of sulfonamides is 1. The van der Waals surface area contributed by atoms with Crippen LogP contribution in [0.15, 0.2) is 47.5 Å². The van der Waals surface area contributed by atoms with Crippen LogP contribution in [-0.4, -0.2) is 19.9 Å². The molecule has 0 atom stereocenters. The molecule has 0 fully saturated rings. The van der Waals surface area contributed by atoms with E-state index in [9.17, 15) is 8.42 Å². The number of nitrogens with one attached hydrogen (secondary N) is 2. The molecule has 5 nitrogen and oxygen atoms in total. The van der Waals surface area contributed by atoms with Crippen LogP contribution in [0.2, 0.25) is 5.02 Å². The second-order valence-corrected chi connectivity index (χ2v) is 6.45. The Balaban J connectivity index is 2.16. The molecule has 0 radical (unpaired) electrons. The minimum atomic E-state index is -3.74. The molecule has 0 saturated carbocycles. The average molecular weight is 326 g/mol. The van der Waals surface area contributed by atoms with E-state index in [1.54, 1.807) is 30.5 Å². The molecule has 112 valence electrons. The molecule has 1 aromatic heterocycles. The number of halogens is 1. The fraction of sp³-hybridized carbons (Fsp3) is 0.214. The van der Waals surface area contributed by atoms with E-state index in [2.05, 4.69) is 21.9 Å². The Bertz CT molecular complexity index is 702. The quantitative estimate of drug-likeness (QED) is 0.854. The maximum atomic E-state index is 12.2. The SMILES string of the molecule is CCCNc1ccc(NS(=O)(=O)c2ccccc2Cl)nc1. The van der Waals surface area contributed by atoms with Crippen LogP contribution in [0.25, 0.3) is 0 Å². The van der Waals surface area contributed by atoms with Gasteiger partial charge < -0.3 is 5.32 Å². The molecule has 0 saturated heterocycles. The first-order valence-corrected chi connectivity index (χ1v) is 8.36. The molecule has 1 heterocycles. The van der Waals surface area contributed by atoms with Crippen LogP contribution < -0.4 is 10.0 Å². The van der Waals surface area contributed by atoms with Gasteiger partial charge >= 0.3 is 0 Å². The van der Waals surface area contributed by atoms with E-state index in [-0.39, 0.29) is 15.7 Å². The topological polar surface area (TPSA) is 71.1 Å². The van der Waals surface area contributed by atoms with Gasteiger partial charge in [-0.3, -0.25) is 4.72 Å². The smallest absolute Gasteiger partial charge is 0.264 e. The molecule has 2 rings (SSSR count). The largest absolute Gasteiger partial charge is 0.384 e. The van der Waals surface area contributed by atoms with Crippen LogP contribution in [0, 0.1) is 0 Å². The molecule has 0 bridgehead atoms. The van der Waals surface area contributed by atoms with E-state index in [4.69, 9.17) is 11.6 Å². The number of benzene rings is 1. The Kier molecular flexibility index (Phi) is 5.03. The molecule has 0 aliphatic carbocycles. The Hall–Kier alpha value is -1.79. The molecule has 0 aliphatic rings. The van der Waals surface area contributed by atoms with Gasteiger partial charge in [-0.25, -0.2) is 13.4 Å². The predicted octanol–water partition coefficient (Wildman–Crippen LogP) is 3.36. The lowest BCUT2D eigenvalue weighted by Gasteiger charge is -2.09. The standard InChI is InChI=1S/C14H16ClN3O2S/c1-2-9-16-11-7-8-14(17-10-11)18-21(19,20)13-6-4-3-5-12(13)15/h3-8,10,16H,2,9H2,1H3,(H,17,18). The summed E-state index contributed by atoms with van der Waals surface area (Å²) in [6, 6.07) is 9.64. The van der Waals surface area contributed by atoms with Crippen LogP contribution in [0.1, 0.15) is 13.3 Å². The van der Waals surface area contributed by atoms with E-state index >= 15 is 0 Å². The van der Waals surface area contributed by atoms with Gasteiger partial charge in [-0.15, -0.1) is 0 Å². The fourth-order valence-corrected chi connectivity index (χ4v) is 3.21. The van der Waals surface area contributed by atoms with Gasteiger partial charge in [0.1, 0.15) is 10.7 Å². The zero-order valence-electron chi connectivity index (χ0n) is 11.5. The molecule has 0 amide bonds. The Morgan fingerprint density at radius 1 is 1.19 bits per heavy atom. The van der Waals surface area contributed by atoms with E-state index in [1.165, 1.54) is 12.1 Å². The van der Waals surface area contributed by atoms with Crippen molar-refractivity contribution in [2.24, 2.45) is 0 Å². The van der Waals surface area contributed by atoms with E-state index < -0.39 is 10.0 Å². The summed E-state index contributed by atoms with van der Waals surface area (Å²) in [4.78, 5) is 4.11. The van der Waals surface area contributed by atoms with Gasteiger partial charge in [-0.05, 0) is 30.7 Å². The normalized spacial score (nSPS) is 11.1. The summed E-state index contributed by atoms with van der Waals surface area (Å²) >= 11 is 5.91. The number of aromatic nitrogens is 1. The summed E-state index contributed by atoms with van der Waals surface area (Å²) in [7, 11) is -3.74. The van der Waals surface area contributed by atoms with Crippen molar-refractivity contribution >= 4 is 33.1 Å². The molecule has 2 aromatic rings. The Morgan fingerprint density at radius 2 is 1.95 bits per heavy atom. The van der Waals surface area contributed by atoms with Crippen molar-refractivity contribution in [1.82, 2.24) is 4.98 Å². The number of hydrogen-bond donors (Lipinski definition) is 2. The highest BCUT2D eigenvalue weighted by molar-refractivity contribution is 7.92. The summed E-state index contributed by atoms with van der Waals surface area (Å²) in [5.74, 6) is 0.247. The minimum Gasteiger partial charge on any atom is -0.384 e. The third-order valence-corrected chi connectivity index (χ3v) is 4.56. The van der Waals surface area contributed by atoms with Gasteiger partial charge in [0, 0.05) is 6.54 Å². The van der Waals surface area contributed by atoms with Gasteiger partial charge in [0.25, 0.3) is 10.0 Å². The van der Waals surface area contributed by atoms with Crippen molar-refractivity contribution in [2.45, 2.75) is 18.2 Å². The second kappa shape index (κ2) is 6.78. The summed E-state index contributed by atoms with van der Waals surface area (Å²) < 4.78 is 26.9. The van der Waals surface area contributed by atoms with Gasteiger partial charge in [0.05, 0.1) is 16.9 Å². The van der Waals surface area contributed by atoms with Crippen LogP contribution in [0.3, 0.4) is 0 Å². The number of pyridine rings is 1. The van der Waals surface area contributed by atoms with Crippen molar-refractivity contribution < 1.29 is 8.42 Å². The Labute approximate surface area is 129 Å². The van der Waals surface area contributed by atoms with Crippen LogP contribution >= 0.6 is 11.6 Å². The first-order valence-electron chi connectivity index (χ1n) is 6.50. The van der Waals surface area contributed by atoms with Gasteiger partial charge in [0.15, 0.2) is 0 Å². The minimum absolute atomic E-state index is 0.0293. The third kappa shape index (κ3) is 4.09. The monoisotopic (exact) mass is 325 g/mol. The Morgan fingerprint density at radius 3 is 2.57 bits per heavy atom. The van der Waals surface area contributed by atoms with Crippen molar-refractivity contribution in [3.63, 3.8) is 0 Å². The van der Waals surface area contributed by atoms with Crippen molar-refractivity contribution in [1.29, 1.82) is 0 Å².